The molecule has 0 aromatic carbocycles. The predicted octanol–water partition coefficient (Wildman–Crippen LogP) is 0.851. The lowest BCUT2D eigenvalue weighted by Gasteiger charge is -2.12. The van der Waals surface area contributed by atoms with Gasteiger partial charge in [-0.05, 0) is 17.7 Å². The van der Waals surface area contributed by atoms with Crippen LogP contribution in [-0.2, 0) is 13.1 Å². The molecule has 0 fully saturated rings. The molecule has 0 aliphatic heterocycles. The second-order valence-electron chi connectivity index (χ2n) is 4.17. The second-order valence-corrected chi connectivity index (χ2v) is 4.17. The van der Waals surface area contributed by atoms with E-state index in [9.17, 15) is 0 Å². The number of anilines is 1. The monoisotopic (exact) mass is 231 g/mol. The van der Waals surface area contributed by atoms with Crippen molar-refractivity contribution >= 4 is 5.82 Å². The van der Waals surface area contributed by atoms with Crippen LogP contribution in [0.2, 0.25) is 0 Å². The average Bonchev–Trinajstić information content (AvgIpc) is 2.77. The Balaban J connectivity index is 2.15. The summed E-state index contributed by atoms with van der Waals surface area (Å²) in [6.45, 7) is 1.27. The minimum Gasteiger partial charge on any atom is -0.363 e. The highest BCUT2D eigenvalue weighted by atomic mass is 15.3. The predicted molar refractivity (Wildman–Crippen MR) is 67.8 cm³/mol. The summed E-state index contributed by atoms with van der Waals surface area (Å²) in [5.41, 5.74) is 7.77. The third kappa shape index (κ3) is 2.82. The van der Waals surface area contributed by atoms with Crippen molar-refractivity contribution in [2.45, 2.75) is 13.1 Å². The molecule has 0 aliphatic rings. The van der Waals surface area contributed by atoms with Gasteiger partial charge in [0.15, 0.2) is 0 Å². The summed E-state index contributed by atoms with van der Waals surface area (Å²) < 4.78 is 1.89. The highest BCUT2D eigenvalue weighted by molar-refractivity contribution is 5.39. The Labute approximate surface area is 101 Å². The molecule has 0 atom stereocenters. The molecule has 0 unspecified atom stereocenters. The summed E-state index contributed by atoms with van der Waals surface area (Å²) in [7, 11) is 3.96. The lowest BCUT2D eigenvalue weighted by molar-refractivity contribution is 0.685. The Hall–Kier alpha value is -1.88. The van der Waals surface area contributed by atoms with Gasteiger partial charge in [-0.2, -0.15) is 5.10 Å². The fraction of sp³-hybridized carbons (Fsp3) is 0.333. The molecule has 0 radical (unpaired) electrons. The molecule has 2 heterocycles. The highest BCUT2D eigenvalue weighted by Gasteiger charge is 2.01. The number of aromatic nitrogens is 3. The molecule has 0 saturated carbocycles. The topological polar surface area (TPSA) is 60.0 Å². The van der Waals surface area contributed by atoms with Crippen molar-refractivity contribution in [3.63, 3.8) is 0 Å². The average molecular weight is 231 g/mol. The summed E-state index contributed by atoms with van der Waals surface area (Å²) in [6.07, 6.45) is 5.59. The first-order chi connectivity index (χ1) is 8.19. The molecular formula is C12H17N5. The van der Waals surface area contributed by atoms with Gasteiger partial charge in [-0.25, -0.2) is 4.98 Å². The van der Waals surface area contributed by atoms with Gasteiger partial charge in [0.2, 0.25) is 0 Å². The van der Waals surface area contributed by atoms with Crippen molar-refractivity contribution in [1.82, 2.24) is 14.8 Å². The van der Waals surface area contributed by atoms with Crippen LogP contribution in [0.25, 0.3) is 0 Å². The van der Waals surface area contributed by atoms with E-state index in [1.54, 1.807) is 6.20 Å². The maximum absolute atomic E-state index is 5.55. The number of nitrogens with two attached hydrogens (primary N) is 1. The highest BCUT2D eigenvalue weighted by Crippen LogP contribution is 2.10. The van der Waals surface area contributed by atoms with Crippen LogP contribution in [0, 0.1) is 0 Å². The van der Waals surface area contributed by atoms with E-state index >= 15 is 0 Å². The van der Waals surface area contributed by atoms with Gasteiger partial charge in [0.05, 0.1) is 12.7 Å². The molecule has 0 spiro atoms. The van der Waals surface area contributed by atoms with E-state index < -0.39 is 0 Å². The van der Waals surface area contributed by atoms with Gasteiger partial charge in [0.1, 0.15) is 5.82 Å². The quantitative estimate of drug-likeness (QED) is 0.847. The van der Waals surface area contributed by atoms with Crippen molar-refractivity contribution < 1.29 is 0 Å². The van der Waals surface area contributed by atoms with Crippen LogP contribution in [0.1, 0.15) is 11.1 Å². The van der Waals surface area contributed by atoms with E-state index in [4.69, 9.17) is 5.73 Å². The Kier molecular flexibility index (Phi) is 3.39. The van der Waals surface area contributed by atoms with Crippen molar-refractivity contribution in [2.24, 2.45) is 5.73 Å². The second kappa shape index (κ2) is 4.97. The molecule has 2 rings (SSSR count). The zero-order chi connectivity index (χ0) is 12.3. The molecule has 0 amide bonds. The fourth-order valence-electron chi connectivity index (χ4n) is 1.59. The summed E-state index contributed by atoms with van der Waals surface area (Å²) in [5, 5.41) is 4.26. The lowest BCUT2D eigenvalue weighted by Crippen LogP contribution is -2.11. The zero-order valence-corrected chi connectivity index (χ0v) is 10.2. The lowest BCUT2D eigenvalue weighted by atomic mass is 10.2. The van der Waals surface area contributed by atoms with E-state index in [2.05, 4.69) is 16.1 Å². The Bertz CT molecular complexity index is 489. The number of nitrogens with zero attached hydrogens (tertiary/aromatic N) is 4. The Morgan fingerprint density at radius 1 is 1.35 bits per heavy atom. The third-order valence-electron chi connectivity index (χ3n) is 2.54. The van der Waals surface area contributed by atoms with Crippen LogP contribution in [0.5, 0.6) is 0 Å². The molecule has 2 aromatic heterocycles. The van der Waals surface area contributed by atoms with Crippen molar-refractivity contribution in [1.29, 1.82) is 0 Å². The van der Waals surface area contributed by atoms with Crippen molar-refractivity contribution in [2.75, 3.05) is 19.0 Å². The Morgan fingerprint density at radius 3 is 2.82 bits per heavy atom. The molecule has 0 saturated heterocycles. The largest absolute Gasteiger partial charge is 0.363 e. The molecular weight excluding hydrogens is 214 g/mol. The van der Waals surface area contributed by atoms with E-state index in [-0.39, 0.29) is 0 Å². The van der Waals surface area contributed by atoms with Crippen LogP contribution in [0.15, 0.2) is 30.7 Å². The van der Waals surface area contributed by atoms with Crippen LogP contribution in [0.3, 0.4) is 0 Å². The number of hydrogen-bond acceptors (Lipinski definition) is 4. The molecule has 17 heavy (non-hydrogen) atoms. The summed E-state index contributed by atoms with van der Waals surface area (Å²) in [5.74, 6) is 0.953. The first kappa shape index (κ1) is 11.6. The van der Waals surface area contributed by atoms with Gasteiger partial charge in [-0.3, -0.25) is 4.68 Å². The number of pyridine rings is 1. The summed E-state index contributed by atoms with van der Waals surface area (Å²) >= 11 is 0. The van der Waals surface area contributed by atoms with Crippen LogP contribution in [0.4, 0.5) is 5.82 Å². The molecule has 5 nitrogen and oxygen atoms in total. The zero-order valence-electron chi connectivity index (χ0n) is 10.2. The molecule has 2 aromatic rings. The van der Waals surface area contributed by atoms with Gasteiger partial charge < -0.3 is 10.6 Å². The summed E-state index contributed by atoms with van der Waals surface area (Å²) in [6, 6.07) is 4.06. The van der Waals surface area contributed by atoms with Gasteiger partial charge in [0, 0.05) is 38.6 Å². The van der Waals surface area contributed by atoms with Crippen LogP contribution >= 0.6 is 0 Å². The normalized spacial score (nSPS) is 10.5. The van der Waals surface area contributed by atoms with Crippen LogP contribution < -0.4 is 10.6 Å². The fourth-order valence-corrected chi connectivity index (χ4v) is 1.59. The Morgan fingerprint density at radius 2 is 2.18 bits per heavy atom. The molecule has 0 aliphatic carbocycles. The van der Waals surface area contributed by atoms with E-state index in [0.29, 0.717) is 6.54 Å². The minimum absolute atomic E-state index is 0.527. The standard InChI is InChI=1S/C12H17N5/c1-16(2)12-5-10(3-4-14-12)8-17-9-11(6-13)7-15-17/h3-5,7,9H,6,8,13H2,1-2H3. The maximum atomic E-state index is 5.55. The summed E-state index contributed by atoms with van der Waals surface area (Å²) in [4.78, 5) is 6.26. The van der Waals surface area contributed by atoms with E-state index in [0.717, 1.165) is 17.9 Å². The first-order valence-electron chi connectivity index (χ1n) is 5.52. The van der Waals surface area contributed by atoms with Gasteiger partial charge >= 0.3 is 0 Å². The third-order valence-corrected chi connectivity index (χ3v) is 2.54. The van der Waals surface area contributed by atoms with E-state index in [1.807, 2.05) is 42.1 Å². The van der Waals surface area contributed by atoms with Crippen molar-refractivity contribution in [3.05, 3.63) is 41.9 Å². The van der Waals surface area contributed by atoms with Gasteiger partial charge in [0.25, 0.3) is 0 Å². The molecule has 90 valence electrons. The maximum Gasteiger partial charge on any atom is 0.128 e. The minimum atomic E-state index is 0.527. The van der Waals surface area contributed by atoms with Crippen LogP contribution in [-0.4, -0.2) is 28.9 Å². The molecule has 0 bridgehead atoms. The number of rotatable bonds is 4. The van der Waals surface area contributed by atoms with E-state index in [1.165, 1.54) is 5.56 Å². The molecule has 2 N–H and O–H groups in total. The van der Waals surface area contributed by atoms with Crippen molar-refractivity contribution in [3.8, 4) is 0 Å². The number of hydrogen-bond donors (Lipinski definition) is 1. The molecule has 5 heteroatoms. The smallest absolute Gasteiger partial charge is 0.128 e. The van der Waals surface area contributed by atoms with Gasteiger partial charge in [-0.15, -0.1) is 0 Å². The SMILES string of the molecule is CN(C)c1cc(Cn2cc(CN)cn2)ccn1. The van der Waals surface area contributed by atoms with Gasteiger partial charge in [-0.1, -0.05) is 0 Å². The first-order valence-corrected chi connectivity index (χ1v) is 5.52.